The highest BCUT2D eigenvalue weighted by Gasteiger charge is 2.12. The van der Waals surface area contributed by atoms with Gasteiger partial charge in [0.25, 0.3) is 11.8 Å². The standard InChI is InChI=1S/C27H22N4O2/c1-28-14-4-7-19-6-2-11-23(16-19)30-26(32)21-8-3-9-22(17-21)27(33)31-24-12-13-25-20(18-24)10-5-15-29-25/h2-18H,1H3,(H,30,32)(H,31,33)/p+1/b7-4-,28-14?. The molecule has 0 aliphatic heterocycles. The Morgan fingerprint density at radius 1 is 0.818 bits per heavy atom. The lowest BCUT2D eigenvalue weighted by atomic mass is 10.1. The van der Waals surface area contributed by atoms with Gasteiger partial charge in [-0.25, -0.2) is 0 Å². The number of nitrogens with zero attached hydrogens (tertiary/aromatic N) is 1. The lowest BCUT2D eigenvalue weighted by Gasteiger charge is -2.09. The van der Waals surface area contributed by atoms with E-state index in [4.69, 9.17) is 0 Å². The maximum Gasteiger partial charge on any atom is 0.255 e. The summed E-state index contributed by atoms with van der Waals surface area (Å²) >= 11 is 0. The first-order valence-electron chi connectivity index (χ1n) is 10.5. The van der Waals surface area contributed by atoms with E-state index in [9.17, 15) is 9.59 Å². The van der Waals surface area contributed by atoms with Gasteiger partial charge in [-0.05, 0) is 66.2 Å². The lowest BCUT2D eigenvalue weighted by Crippen LogP contribution is -2.62. The summed E-state index contributed by atoms with van der Waals surface area (Å²) in [5.41, 5.74) is 3.94. The van der Waals surface area contributed by atoms with Gasteiger partial charge in [0, 0.05) is 40.2 Å². The van der Waals surface area contributed by atoms with Crippen molar-refractivity contribution in [3.05, 3.63) is 108 Å². The number of anilines is 2. The highest BCUT2D eigenvalue weighted by molar-refractivity contribution is 6.09. The van der Waals surface area contributed by atoms with Crippen LogP contribution < -0.4 is 15.6 Å². The summed E-state index contributed by atoms with van der Waals surface area (Å²) in [5.74, 6) is -0.579. The van der Waals surface area contributed by atoms with Crippen molar-refractivity contribution in [2.75, 3.05) is 17.7 Å². The van der Waals surface area contributed by atoms with E-state index < -0.39 is 0 Å². The van der Waals surface area contributed by atoms with Crippen LogP contribution in [0.25, 0.3) is 17.0 Å². The molecule has 0 atom stereocenters. The molecule has 0 aliphatic rings. The molecule has 6 heteroatoms. The summed E-state index contributed by atoms with van der Waals surface area (Å²) < 4.78 is 0. The van der Waals surface area contributed by atoms with E-state index in [-0.39, 0.29) is 11.8 Å². The lowest BCUT2D eigenvalue weighted by molar-refractivity contribution is -0.413. The molecule has 0 spiro atoms. The van der Waals surface area contributed by atoms with Crippen LogP contribution in [0.2, 0.25) is 0 Å². The Balaban J connectivity index is 1.47. The van der Waals surface area contributed by atoms with Crippen LogP contribution in [0.4, 0.5) is 11.4 Å². The smallest absolute Gasteiger partial charge is 0.255 e. The molecule has 6 nitrogen and oxygen atoms in total. The van der Waals surface area contributed by atoms with Gasteiger partial charge in [0.1, 0.15) is 7.05 Å². The van der Waals surface area contributed by atoms with Crippen molar-refractivity contribution in [2.24, 2.45) is 0 Å². The number of fused-ring (bicyclic) bond motifs is 1. The monoisotopic (exact) mass is 435 g/mol. The fourth-order valence-corrected chi connectivity index (χ4v) is 3.34. The second-order valence-corrected chi connectivity index (χ2v) is 7.34. The van der Waals surface area contributed by atoms with E-state index >= 15 is 0 Å². The van der Waals surface area contributed by atoms with Crippen molar-refractivity contribution in [1.29, 1.82) is 0 Å². The van der Waals surface area contributed by atoms with Gasteiger partial charge in [-0.15, -0.1) is 0 Å². The van der Waals surface area contributed by atoms with Gasteiger partial charge in [-0.2, -0.15) is 0 Å². The molecule has 1 heterocycles. The molecule has 3 N–H and O–H groups in total. The first-order valence-corrected chi connectivity index (χ1v) is 10.5. The first kappa shape index (κ1) is 21.6. The Morgan fingerprint density at radius 2 is 1.55 bits per heavy atom. The maximum absolute atomic E-state index is 12.8. The van der Waals surface area contributed by atoms with Crippen molar-refractivity contribution in [1.82, 2.24) is 4.98 Å². The van der Waals surface area contributed by atoms with Gasteiger partial charge in [-0.3, -0.25) is 19.6 Å². The van der Waals surface area contributed by atoms with Gasteiger partial charge in [-0.1, -0.05) is 24.3 Å². The average Bonchev–Trinajstić information content (AvgIpc) is 2.84. The Labute approximate surface area is 191 Å². The molecule has 3 aromatic carbocycles. The fraction of sp³-hybridized carbons (Fsp3) is 0.0370. The highest BCUT2D eigenvalue weighted by Crippen LogP contribution is 2.19. The molecule has 0 fully saturated rings. The third-order valence-electron chi connectivity index (χ3n) is 4.94. The molecule has 2 amide bonds. The van der Waals surface area contributed by atoms with Crippen molar-refractivity contribution < 1.29 is 14.6 Å². The van der Waals surface area contributed by atoms with Gasteiger partial charge in [0.2, 0.25) is 0 Å². The number of amides is 2. The summed E-state index contributed by atoms with van der Waals surface area (Å²) in [7, 11) is 1.83. The zero-order valence-corrected chi connectivity index (χ0v) is 18.1. The predicted octanol–water partition coefficient (Wildman–Crippen LogP) is 3.53. The Bertz CT molecular complexity index is 1380. The zero-order valence-electron chi connectivity index (χ0n) is 18.1. The first-order chi connectivity index (χ1) is 16.1. The van der Waals surface area contributed by atoms with E-state index in [1.165, 1.54) is 0 Å². The number of hydrogen-bond acceptors (Lipinski definition) is 3. The van der Waals surface area contributed by atoms with E-state index in [0.717, 1.165) is 16.5 Å². The molecule has 0 aliphatic carbocycles. The molecule has 33 heavy (non-hydrogen) atoms. The minimum absolute atomic E-state index is 0.288. The Hall–Kier alpha value is -4.58. The molecule has 0 radical (unpaired) electrons. The van der Waals surface area contributed by atoms with Crippen LogP contribution >= 0.6 is 0 Å². The van der Waals surface area contributed by atoms with Crippen molar-refractivity contribution >= 4 is 46.4 Å². The molecule has 162 valence electrons. The Kier molecular flexibility index (Phi) is 6.66. The molecule has 4 aromatic rings. The molecule has 1 aromatic heterocycles. The molecule has 0 bridgehead atoms. The normalized spacial score (nSPS) is 11.2. The van der Waals surface area contributed by atoms with Gasteiger partial charge in [0.05, 0.1) is 5.52 Å². The third-order valence-corrected chi connectivity index (χ3v) is 4.94. The molecule has 4 rings (SSSR count). The van der Waals surface area contributed by atoms with E-state index in [1.54, 1.807) is 36.5 Å². The van der Waals surface area contributed by atoms with Crippen LogP contribution in [0.1, 0.15) is 26.3 Å². The molecule has 0 saturated carbocycles. The maximum atomic E-state index is 12.8. The third kappa shape index (κ3) is 5.57. The summed E-state index contributed by atoms with van der Waals surface area (Å²) in [6.07, 6.45) is 7.36. The predicted molar refractivity (Wildman–Crippen MR) is 133 cm³/mol. The van der Waals surface area contributed by atoms with E-state index in [1.807, 2.05) is 73.9 Å². The van der Waals surface area contributed by atoms with Crippen molar-refractivity contribution in [3.8, 4) is 0 Å². The van der Waals surface area contributed by atoms with Crippen LogP contribution in [0.15, 0.2) is 91.1 Å². The number of hydrogen-bond donors (Lipinski definition) is 3. The van der Waals surface area contributed by atoms with Gasteiger partial charge >= 0.3 is 0 Å². The number of pyridine rings is 1. The quantitative estimate of drug-likeness (QED) is 0.405. The van der Waals surface area contributed by atoms with Gasteiger partial charge in [0.15, 0.2) is 6.21 Å². The number of carbonyl (C=O) groups excluding carboxylic acids is 2. The van der Waals surface area contributed by atoms with Crippen LogP contribution in [-0.4, -0.2) is 30.1 Å². The van der Waals surface area contributed by atoms with Crippen LogP contribution in [0.3, 0.4) is 0 Å². The van der Waals surface area contributed by atoms with E-state index in [2.05, 4.69) is 20.6 Å². The summed E-state index contributed by atoms with van der Waals surface area (Å²) in [5, 5.41) is 6.71. The van der Waals surface area contributed by atoms with Crippen molar-refractivity contribution in [3.63, 3.8) is 0 Å². The number of benzene rings is 3. The topological polar surface area (TPSA) is 85.1 Å². The summed E-state index contributed by atoms with van der Waals surface area (Å²) in [4.78, 5) is 32.8. The minimum Gasteiger partial charge on any atom is -0.322 e. The largest absolute Gasteiger partial charge is 0.322 e. The highest BCUT2D eigenvalue weighted by atomic mass is 16.2. The number of nitrogens with one attached hydrogen (secondary N) is 3. The second kappa shape index (κ2) is 10.2. The number of aromatic nitrogens is 1. The molecular weight excluding hydrogens is 412 g/mol. The SMILES string of the molecule is C[NH+]=C/C=C\c1cccc(NC(=O)c2cccc(C(=O)Nc3ccc4ncccc4c3)c2)c1. The number of carbonyl (C=O) groups is 2. The number of rotatable bonds is 6. The molecular formula is C27H23N4O2+. The minimum atomic E-state index is -0.291. The van der Waals surface area contributed by atoms with Crippen LogP contribution in [-0.2, 0) is 0 Å². The number of allylic oxidation sites excluding steroid dienone is 1. The van der Waals surface area contributed by atoms with Crippen LogP contribution in [0.5, 0.6) is 0 Å². The Morgan fingerprint density at radius 3 is 2.30 bits per heavy atom. The van der Waals surface area contributed by atoms with Crippen molar-refractivity contribution in [2.45, 2.75) is 0 Å². The molecule has 0 unspecified atom stereocenters. The molecule has 0 saturated heterocycles. The fourth-order valence-electron chi connectivity index (χ4n) is 3.34. The average molecular weight is 436 g/mol. The zero-order chi connectivity index (χ0) is 23.0. The van der Waals surface area contributed by atoms with Crippen LogP contribution in [0, 0.1) is 0 Å². The second-order valence-electron chi connectivity index (χ2n) is 7.34. The summed E-state index contributed by atoms with van der Waals surface area (Å²) in [6.45, 7) is 0. The summed E-state index contributed by atoms with van der Waals surface area (Å²) in [6, 6.07) is 23.5. The van der Waals surface area contributed by atoms with Gasteiger partial charge < -0.3 is 10.6 Å². The van der Waals surface area contributed by atoms with E-state index in [0.29, 0.717) is 22.5 Å².